The van der Waals surface area contributed by atoms with Gasteiger partial charge in [0, 0.05) is 12.5 Å². The number of esters is 1. The molecule has 0 saturated heterocycles. The van der Waals surface area contributed by atoms with Gasteiger partial charge in [-0.25, -0.2) is 0 Å². The first-order valence-corrected chi connectivity index (χ1v) is 7.45. The lowest BCUT2D eigenvalue weighted by molar-refractivity contribution is -0.154. The van der Waals surface area contributed by atoms with E-state index >= 15 is 0 Å². The molecule has 4 heteroatoms. The van der Waals surface area contributed by atoms with Crippen LogP contribution in [0.3, 0.4) is 0 Å². The summed E-state index contributed by atoms with van der Waals surface area (Å²) < 4.78 is 4.97. The van der Waals surface area contributed by atoms with Gasteiger partial charge in [0.15, 0.2) is 6.10 Å². The van der Waals surface area contributed by atoms with Crippen molar-refractivity contribution in [2.45, 2.75) is 64.0 Å². The Kier molecular flexibility index (Phi) is 3.06. The molecule has 4 rings (SSSR count). The summed E-state index contributed by atoms with van der Waals surface area (Å²) in [7, 11) is 0. The molecule has 106 valence electrons. The Balaban J connectivity index is 1.66. The maximum atomic E-state index is 12.2. The normalized spacial score (nSPS) is 40.8. The third-order valence-electron chi connectivity index (χ3n) is 5.14. The number of carbonyl (C=O) groups is 2. The van der Waals surface area contributed by atoms with Crippen LogP contribution in [0, 0.1) is 17.8 Å². The van der Waals surface area contributed by atoms with Crippen molar-refractivity contribution < 1.29 is 14.3 Å². The summed E-state index contributed by atoms with van der Waals surface area (Å²) in [6.07, 6.45) is 6.76. The van der Waals surface area contributed by atoms with Crippen LogP contribution >= 0.6 is 0 Å². The first-order valence-electron chi connectivity index (χ1n) is 7.45. The van der Waals surface area contributed by atoms with Crippen LogP contribution in [-0.4, -0.2) is 23.5 Å². The summed E-state index contributed by atoms with van der Waals surface area (Å²) in [6.45, 7) is 2.99. The molecule has 4 bridgehead atoms. The molecule has 0 spiro atoms. The minimum atomic E-state index is -0.675. The van der Waals surface area contributed by atoms with Gasteiger partial charge in [-0.15, -0.1) is 0 Å². The van der Waals surface area contributed by atoms with Crippen LogP contribution in [0.4, 0.5) is 0 Å². The second-order valence-corrected chi connectivity index (χ2v) is 6.94. The summed E-state index contributed by atoms with van der Waals surface area (Å²) in [6, 6.07) is 0. The number of carbonyl (C=O) groups excluding carboxylic acids is 2. The topological polar surface area (TPSA) is 55.4 Å². The monoisotopic (exact) mass is 265 g/mol. The molecule has 4 aliphatic carbocycles. The van der Waals surface area contributed by atoms with E-state index < -0.39 is 12.1 Å². The Hall–Kier alpha value is -1.06. The van der Waals surface area contributed by atoms with E-state index in [9.17, 15) is 9.59 Å². The van der Waals surface area contributed by atoms with Crippen molar-refractivity contribution in [2.75, 3.05) is 0 Å². The summed E-state index contributed by atoms with van der Waals surface area (Å²) in [5, 5.41) is 3.21. The standard InChI is InChI=1S/C15H23NO3/c1-9(19-10(2)17)14(18)16-15-6-11-3-12(7-15)5-13(4-11)8-15/h9,11-13H,3-8H2,1-2H3,(H,16,18)/t9-,11?,12?,13?,15?/m1/s1. The fraction of sp³-hybridized carbons (Fsp3) is 0.867. The number of hydrogen-bond donors (Lipinski definition) is 1. The van der Waals surface area contributed by atoms with E-state index in [1.54, 1.807) is 6.92 Å². The van der Waals surface area contributed by atoms with Gasteiger partial charge in [0.2, 0.25) is 0 Å². The van der Waals surface area contributed by atoms with E-state index in [0.29, 0.717) is 0 Å². The molecule has 0 aromatic carbocycles. The van der Waals surface area contributed by atoms with E-state index in [4.69, 9.17) is 4.74 Å². The van der Waals surface area contributed by atoms with Crippen molar-refractivity contribution in [3.63, 3.8) is 0 Å². The quantitative estimate of drug-likeness (QED) is 0.794. The van der Waals surface area contributed by atoms with Gasteiger partial charge in [-0.05, 0) is 63.2 Å². The average Bonchev–Trinajstić information content (AvgIpc) is 2.24. The summed E-state index contributed by atoms with van der Waals surface area (Å²) in [5.74, 6) is 1.88. The zero-order valence-electron chi connectivity index (χ0n) is 11.8. The van der Waals surface area contributed by atoms with Gasteiger partial charge < -0.3 is 10.1 Å². The first-order chi connectivity index (χ1) is 8.96. The molecule has 0 aliphatic heterocycles. The molecule has 0 unspecified atom stereocenters. The van der Waals surface area contributed by atoms with Gasteiger partial charge in [0.05, 0.1) is 0 Å². The zero-order chi connectivity index (χ0) is 13.6. The average molecular weight is 265 g/mol. The highest BCUT2D eigenvalue weighted by molar-refractivity contribution is 5.83. The fourth-order valence-corrected chi connectivity index (χ4v) is 4.93. The second-order valence-electron chi connectivity index (χ2n) is 6.94. The largest absolute Gasteiger partial charge is 0.453 e. The maximum absolute atomic E-state index is 12.2. The van der Waals surface area contributed by atoms with Crippen LogP contribution in [0.1, 0.15) is 52.4 Å². The van der Waals surface area contributed by atoms with E-state index in [2.05, 4.69) is 5.32 Å². The zero-order valence-corrected chi connectivity index (χ0v) is 11.8. The van der Waals surface area contributed by atoms with Gasteiger partial charge in [0.1, 0.15) is 0 Å². The molecule has 0 aromatic rings. The van der Waals surface area contributed by atoms with Crippen molar-refractivity contribution in [2.24, 2.45) is 17.8 Å². The molecular weight excluding hydrogens is 242 g/mol. The van der Waals surface area contributed by atoms with Crippen LogP contribution in [0.2, 0.25) is 0 Å². The molecule has 19 heavy (non-hydrogen) atoms. The molecule has 0 heterocycles. The van der Waals surface area contributed by atoms with E-state index in [1.165, 1.54) is 26.2 Å². The smallest absolute Gasteiger partial charge is 0.303 e. The van der Waals surface area contributed by atoms with E-state index in [0.717, 1.165) is 37.0 Å². The molecule has 1 N–H and O–H groups in total. The summed E-state index contributed by atoms with van der Waals surface area (Å²) in [5.41, 5.74) is 0.000240. The Bertz CT molecular complexity index is 369. The fourth-order valence-electron chi connectivity index (χ4n) is 4.93. The number of rotatable bonds is 3. The third-order valence-corrected chi connectivity index (χ3v) is 5.14. The Labute approximate surface area is 114 Å². The number of amides is 1. The molecule has 4 fully saturated rings. The second kappa shape index (κ2) is 4.50. The highest BCUT2D eigenvalue weighted by Gasteiger charge is 2.51. The molecule has 0 aromatic heterocycles. The van der Waals surface area contributed by atoms with Crippen molar-refractivity contribution in [1.82, 2.24) is 5.32 Å². The lowest BCUT2D eigenvalue weighted by Crippen LogP contribution is -2.61. The van der Waals surface area contributed by atoms with Crippen molar-refractivity contribution in [3.8, 4) is 0 Å². The Morgan fingerprint density at radius 2 is 1.58 bits per heavy atom. The lowest BCUT2D eigenvalue weighted by atomic mass is 9.53. The van der Waals surface area contributed by atoms with Gasteiger partial charge >= 0.3 is 5.97 Å². The lowest BCUT2D eigenvalue weighted by Gasteiger charge is -2.57. The van der Waals surface area contributed by atoms with Crippen molar-refractivity contribution in [1.29, 1.82) is 0 Å². The summed E-state index contributed by atoms with van der Waals surface area (Å²) in [4.78, 5) is 23.1. The van der Waals surface area contributed by atoms with Gasteiger partial charge in [-0.3, -0.25) is 9.59 Å². The van der Waals surface area contributed by atoms with Crippen LogP contribution in [-0.2, 0) is 14.3 Å². The predicted octanol–water partition coefficient (Wildman–Crippen LogP) is 2.02. The predicted molar refractivity (Wildman–Crippen MR) is 70.3 cm³/mol. The Morgan fingerprint density at radius 1 is 1.11 bits per heavy atom. The number of ether oxygens (including phenoxy) is 1. The van der Waals surface area contributed by atoms with Crippen LogP contribution < -0.4 is 5.32 Å². The molecule has 1 amide bonds. The highest BCUT2D eigenvalue weighted by Crippen LogP contribution is 2.55. The van der Waals surface area contributed by atoms with Gasteiger partial charge in [0.25, 0.3) is 5.91 Å². The minimum Gasteiger partial charge on any atom is -0.453 e. The van der Waals surface area contributed by atoms with E-state index in [1.807, 2.05) is 0 Å². The van der Waals surface area contributed by atoms with Gasteiger partial charge in [-0.2, -0.15) is 0 Å². The maximum Gasteiger partial charge on any atom is 0.303 e. The van der Waals surface area contributed by atoms with Crippen LogP contribution in [0.15, 0.2) is 0 Å². The minimum absolute atomic E-state index is 0.000240. The Morgan fingerprint density at radius 3 is 2.00 bits per heavy atom. The molecular formula is C15H23NO3. The molecule has 4 aliphatic rings. The number of nitrogens with one attached hydrogen (secondary N) is 1. The molecule has 0 radical (unpaired) electrons. The molecule has 4 nitrogen and oxygen atoms in total. The van der Waals surface area contributed by atoms with Crippen LogP contribution in [0.25, 0.3) is 0 Å². The summed E-state index contributed by atoms with van der Waals surface area (Å²) >= 11 is 0. The highest BCUT2D eigenvalue weighted by atomic mass is 16.5. The van der Waals surface area contributed by atoms with Gasteiger partial charge in [-0.1, -0.05) is 0 Å². The van der Waals surface area contributed by atoms with Crippen molar-refractivity contribution >= 4 is 11.9 Å². The molecule has 4 saturated carbocycles. The molecule has 1 atom stereocenters. The van der Waals surface area contributed by atoms with E-state index in [-0.39, 0.29) is 11.4 Å². The van der Waals surface area contributed by atoms with Crippen molar-refractivity contribution in [3.05, 3.63) is 0 Å². The third kappa shape index (κ3) is 2.49. The number of hydrogen-bond acceptors (Lipinski definition) is 3. The van der Waals surface area contributed by atoms with Crippen LogP contribution in [0.5, 0.6) is 0 Å². The SMILES string of the molecule is CC(=O)O[C@H](C)C(=O)NC12CC3CC(CC(C3)C1)C2. The first kappa shape index (κ1) is 12.9.